The van der Waals surface area contributed by atoms with Gasteiger partial charge in [0, 0.05) is 17.8 Å². The van der Waals surface area contributed by atoms with Crippen molar-refractivity contribution in [2.75, 3.05) is 26.7 Å². The largest absolute Gasteiger partial charge is 0.492 e. The molecule has 1 saturated heterocycles. The highest BCUT2D eigenvalue weighted by atomic mass is 16.6. The summed E-state index contributed by atoms with van der Waals surface area (Å²) in [6, 6.07) is 4.32. The number of unbranched alkanes of at least 4 members (excludes halogenated alkanes) is 2. The molecule has 53 heavy (non-hydrogen) atoms. The van der Waals surface area contributed by atoms with E-state index in [1.54, 1.807) is 6.08 Å². The van der Waals surface area contributed by atoms with Crippen LogP contribution in [-0.4, -0.2) is 84.2 Å². The van der Waals surface area contributed by atoms with E-state index < -0.39 is 40.9 Å². The summed E-state index contributed by atoms with van der Waals surface area (Å²) < 4.78 is 11.9. The molecule has 2 aliphatic carbocycles. The Bertz CT molecular complexity index is 1750. The fraction of sp³-hybridized carbons (Fsp3) is 0.625. The van der Waals surface area contributed by atoms with E-state index in [9.17, 15) is 24.0 Å². The fourth-order valence-electron chi connectivity index (χ4n) is 7.56. The third-order valence-corrected chi connectivity index (χ3v) is 11.0. The number of alkyl carbamates (subject to hydrolysis) is 1. The number of aromatic amines is 1. The molecule has 0 spiro atoms. The average molecular weight is 735 g/mol. The number of ether oxygens (including phenoxy) is 2. The number of benzene rings is 1. The molecule has 0 bridgehead atoms. The van der Waals surface area contributed by atoms with Crippen LogP contribution in [-0.2, 0) is 25.5 Å². The van der Waals surface area contributed by atoms with E-state index in [-0.39, 0.29) is 29.4 Å². The molecule has 1 aromatic heterocycles. The van der Waals surface area contributed by atoms with Crippen LogP contribution in [0.2, 0.25) is 0 Å². The van der Waals surface area contributed by atoms with Gasteiger partial charge in [0.1, 0.15) is 29.5 Å². The smallest absolute Gasteiger partial charge is 0.408 e. The monoisotopic (exact) mass is 734 g/mol. The Hall–Kier alpha value is -4.39. The van der Waals surface area contributed by atoms with Gasteiger partial charge in [-0.25, -0.2) is 4.79 Å². The molecule has 13 nitrogen and oxygen atoms in total. The van der Waals surface area contributed by atoms with E-state index in [0.717, 1.165) is 61.5 Å². The summed E-state index contributed by atoms with van der Waals surface area (Å²) in [6.07, 6.45) is 7.96. The van der Waals surface area contributed by atoms with E-state index in [4.69, 9.17) is 15.2 Å². The van der Waals surface area contributed by atoms with Gasteiger partial charge in [0.2, 0.25) is 17.7 Å². The van der Waals surface area contributed by atoms with E-state index >= 15 is 0 Å². The number of primary amides is 1. The number of carbonyl (C=O) groups excluding carboxylic acids is 4. The summed E-state index contributed by atoms with van der Waals surface area (Å²) in [5.41, 5.74) is 6.20. The lowest BCUT2D eigenvalue weighted by Crippen LogP contribution is -2.59. The van der Waals surface area contributed by atoms with Crippen LogP contribution in [0.5, 0.6) is 5.75 Å². The van der Waals surface area contributed by atoms with Gasteiger partial charge in [-0.3, -0.25) is 19.2 Å². The number of nitrogens with two attached hydrogens (primary N) is 1. The summed E-state index contributed by atoms with van der Waals surface area (Å²) in [5, 5.41) is 9.64. The summed E-state index contributed by atoms with van der Waals surface area (Å²) in [4.78, 5) is 70.1. The van der Waals surface area contributed by atoms with Crippen molar-refractivity contribution >= 4 is 34.7 Å². The molecule has 6 N–H and O–H groups in total. The Morgan fingerprint density at radius 2 is 1.94 bits per heavy atom. The van der Waals surface area contributed by atoms with Crippen molar-refractivity contribution in [2.45, 2.75) is 116 Å². The maximum atomic E-state index is 13.9. The first kappa shape index (κ1) is 39.8. The summed E-state index contributed by atoms with van der Waals surface area (Å²) in [5.74, 6) is -0.733. The van der Waals surface area contributed by atoms with Gasteiger partial charge in [-0.2, -0.15) is 0 Å². The molecular formula is C40H58N6O7. The Kier molecular flexibility index (Phi) is 12.6. The number of fused-ring (bicyclic) bond motifs is 1. The highest BCUT2D eigenvalue weighted by Crippen LogP contribution is 2.44. The number of pyridine rings is 1. The molecule has 290 valence electrons. The number of nitrogens with one attached hydrogen (secondary N) is 4. The van der Waals surface area contributed by atoms with Crippen molar-refractivity contribution in [3.8, 4) is 5.75 Å². The summed E-state index contributed by atoms with van der Waals surface area (Å²) in [7, 11) is 1.90. The number of hydrogen-bond donors (Lipinski definition) is 5. The maximum absolute atomic E-state index is 13.9. The van der Waals surface area contributed by atoms with Gasteiger partial charge < -0.3 is 41.0 Å². The van der Waals surface area contributed by atoms with E-state index in [1.165, 1.54) is 4.90 Å². The highest BCUT2D eigenvalue weighted by molar-refractivity contribution is 5.97. The molecule has 2 aromatic rings. The summed E-state index contributed by atoms with van der Waals surface area (Å²) in [6.45, 7) is 13.0. The third kappa shape index (κ3) is 9.41. The zero-order valence-corrected chi connectivity index (χ0v) is 32.0. The molecule has 3 aliphatic rings. The number of aromatic nitrogens is 1. The number of nitrogens with zero attached hydrogens (tertiary/aromatic N) is 1. The van der Waals surface area contributed by atoms with Gasteiger partial charge in [0.05, 0.1) is 17.7 Å². The normalized spacial score (nSPS) is 24.0. The van der Waals surface area contributed by atoms with Crippen LogP contribution in [0.3, 0.4) is 0 Å². The van der Waals surface area contributed by atoms with Gasteiger partial charge in [-0.05, 0) is 101 Å². The van der Waals surface area contributed by atoms with Crippen LogP contribution in [0.15, 0.2) is 35.6 Å². The van der Waals surface area contributed by atoms with Crippen molar-refractivity contribution < 1.29 is 28.7 Å². The predicted molar refractivity (Wildman–Crippen MR) is 203 cm³/mol. The van der Waals surface area contributed by atoms with E-state index in [1.807, 2.05) is 52.9 Å². The van der Waals surface area contributed by atoms with Gasteiger partial charge in [-0.1, -0.05) is 45.8 Å². The Morgan fingerprint density at radius 1 is 1.17 bits per heavy atom. The van der Waals surface area contributed by atoms with Crippen molar-refractivity contribution in [1.29, 1.82) is 0 Å². The Balaban J connectivity index is 1.09. The first-order valence-electron chi connectivity index (χ1n) is 19.1. The minimum Gasteiger partial charge on any atom is -0.492 e. The maximum Gasteiger partial charge on any atom is 0.408 e. The number of carbonyl (C=O) groups is 4. The molecule has 4 amide bonds. The fourth-order valence-corrected chi connectivity index (χ4v) is 7.56. The van der Waals surface area contributed by atoms with Gasteiger partial charge >= 0.3 is 6.09 Å². The topological polar surface area (TPSA) is 185 Å². The summed E-state index contributed by atoms with van der Waals surface area (Å²) >= 11 is 0. The lowest BCUT2D eigenvalue weighted by molar-refractivity contribution is -0.142. The number of hydrogen-bond acceptors (Lipinski definition) is 8. The number of amides is 4. The van der Waals surface area contributed by atoms with Crippen molar-refractivity contribution in [3.63, 3.8) is 0 Å². The van der Waals surface area contributed by atoms with Crippen LogP contribution >= 0.6 is 0 Å². The lowest BCUT2D eigenvalue weighted by Gasteiger charge is -2.35. The number of likely N-dealkylation sites (tertiary alicyclic amines) is 1. The van der Waals surface area contributed by atoms with Crippen molar-refractivity contribution in [1.82, 2.24) is 25.8 Å². The second kappa shape index (κ2) is 16.7. The van der Waals surface area contributed by atoms with Gasteiger partial charge in [0.25, 0.3) is 5.56 Å². The standard InChI is InChI=1S/C40H58N6O7/c1-7-26-23-40(26,37(41)50)45-35(48)30-15-11-19-46(30)36(49)33(39(3,4)5)44-38(51)53-31-22-25(31)13-9-8-10-14-28-32(52-20-12-18-42-6)27-17-16-24(2)21-29(27)43-34(28)47/h7,16-17,21,25-26,30-31,33,42H,1,8-15,18-20,22-23H2,2-6H3,(H2,41,50)(H,43,47)(H,44,51)(H,45,48)/t25?,26-,30+,31-,33-,40-/m1/s1. The second-order valence-electron chi connectivity index (χ2n) is 16.2. The SMILES string of the molecule is C=C[C@@H]1C[C@]1(NC(=O)[C@@H]1CCCN1C(=O)[C@@H](NC(=O)O[C@@H]1CC1CCCCCc1c(OCCCNC)c2ccc(C)cc2[nH]c1=O)C(C)(C)C)C(N)=O. The van der Waals surface area contributed by atoms with Crippen molar-refractivity contribution in [3.05, 3.63) is 52.3 Å². The molecular weight excluding hydrogens is 676 g/mol. The molecule has 13 heteroatoms. The predicted octanol–water partition coefficient (Wildman–Crippen LogP) is 3.99. The average Bonchev–Trinajstić information content (AvgIpc) is 3.95. The van der Waals surface area contributed by atoms with Crippen LogP contribution in [0, 0.1) is 24.2 Å². The van der Waals surface area contributed by atoms with E-state index in [0.29, 0.717) is 50.1 Å². The quantitative estimate of drug-likeness (QED) is 0.112. The minimum atomic E-state index is -1.16. The molecule has 3 fully saturated rings. The Labute approximate surface area is 312 Å². The highest BCUT2D eigenvalue weighted by Gasteiger charge is 2.59. The van der Waals surface area contributed by atoms with E-state index in [2.05, 4.69) is 27.5 Å². The minimum absolute atomic E-state index is 0.111. The first-order chi connectivity index (χ1) is 25.2. The molecule has 6 atom stereocenters. The van der Waals surface area contributed by atoms with Crippen LogP contribution in [0.4, 0.5) is 4.79 Å². The zero-order chi connectivity index (χ0) is 38.5. The zero-order valence-electron chi connectivity index (χ0n) is 32.0. The third-order valence-electron chi connectivity index (χ3n) is 11.0. The van der Waals surface area contributed by atoms with Crippen LogP contribution < -0.4 is 32.0 Å². The molecule has 1 aromatic carbocycles. The van der Waals surface area contributed by atoms with Gasteiger partial charge in [0.15, 0.2) is 0 Å². The molecule has 1 aliphatic heterocycles. The lowest BCUT2D eigenvalue weighted by atomic mass is 9.85. The second-order valence-corrected chi connectivity index (χ2v) is 16.2. The van der Waals surface area contributed by atoms with Crippen LogP contribution in [0.1, 0.15) is 89.7 Å². The molecule has 0 radical (unpaired) electrons. The molecule has 1 unspecified atom stereocenters. The van der Waals surface area contributed by atoms with Crippen molar-refractivity contribution in [2.24, 2.45) is 23.0 Å². The number of rotatable bonds is 18. The van der Waals surface area contributed by atoms with Gasteiger partial charge in [-0.15, -0.1) is 6.58 Å². The molecule has 5 rings (SSSR count). The molecule has 2 saturated carbocycles. The van der Waals surface area contributed by atoms with Crippen LogP contribution in [0.25, 0.3) is 10.9 Å². The Morgan fingerprint density at radius 3 is 2.62 bits per heavy atom. The number of H-pyrrole nitrogens is 1. The molecule has 2 heterocycles. The number of aryl methyl sites for hydroxylation is 1. The first-order valence-corrected chi connectivity index (χ1v) is 19.1.